The number of hydrogen-bond acceptors (Lipinski definition) is 2. The molecule has 0 aliphatic heterocycles. The molecule has 12 heavy (non-hydrogen) atoms. The van der Waals surface area contributed by atoms with E-state index in [1.165, 1.54) is 19.3 Å². The molecule has 1 saturated carbocycles. The third-order valence-corrected chi connectivity index (χ3v) is 2.65. The second kappa shape index (κ2) is 2.81. The lowest BCUT2D eigenvalue weighted by Crippen LogP contribution is -2.18. The molecule has 0 radical (unpaired) electrons. The summed E-state index contributed by atoms with van der Waals surface area (Å²) in [6, 6.07) is 0. The van der Waals surface area contributed by atoms with E-state index in [0.717, 1.165) is 18.0 Å². The fraction of sp³-hybridized carbons (Fsp3) is 0.667. The van der Waals surface area contributed by atoms with Gasteiger partial charge in [-0.15, -0.1) is 0 Å². The van der Waals surface area contributed by atoms with Gasteiger partial charge in [0.05, 0.1) is 0 Å². The normalized spacial score (nSPS) is 17.8. The van der Waals surface area contributed by atoms with E-state index in [4.69, 9.17) is 5.73 Å². The average molecular weight is 165 g/mol. The Balaban J connectivity index is 2.02. The number of nitrogen functional groups attached to an aromatic ring is 1. The summed E-state index contributed by atoms with van der Waals surface area (Å²) < 4.78 is 1.98. The van der Waals surface area contributed by atoms with Crippen molar-refractivity contribution in [3.8, 4) is 0 Å². The van der Waals surface area contributed by atoms with Crippen LogP contribution in [-0.2, 0) is 6.54 Å². The van der Waals surface area contributed by atoms with Crippen molar-refractivity contribution in [2.75, 3.05) is 5.73 Å². The van der Waals surface area contributed by atoms with Crippen molar-refractivity contribution in [1.29, 1.82) is 0 Å². The van der Waals surface area contributed by atoms with Crippen LogP contribution in [0.3, 0.4) is 0 Å². The molecule has 1 fully saturated rings. The third kappa shape index (κ3) is 1.31. The Bertz CT molecular complexity index is 254. The van der Waals surface area contributed by atoms with Gasteiger partial charge in [-0.05, 0) is 25.7 Å². The minimum atomic E-state index is 0.675. The molecule has 0 atom stereocenters. The van der Waals surface area contributed by atoms with Gasteiger partial charge in [-0.2, -0.15) is 5.10 Å². The van der Waals surface area contributed by atoms with Gasteiger partial charge >= 0.3 is 0 Å². The zero-order chi connectivity index (χ0) is 8.55. The van der Waals surface area contributed by atoms with Crippen LogP contribution in [0.4, 0.5) is 5.82 Å². The molecule has 2 N–H and O–H groups in total. The van der Waals surface area contributed by atoms with Gasteiger partial charge in [0, 0.05) is 18.3 Å². The first-order chi connectivity index (χ1) is 5.75. The molecule has 1 aromatic heterocycles. The highest BCUT2D eigenvalue weighted by Crippen LogP contribution is 2.27. The predicted octanol–water partition coefficient (Wildman–Crippen LogP) is 1.57. The molecule has 0 amide bonds. The molecule has 1 heterocycles. The molecule has 1 aliphatic rings. The zero-order valence-electron chi connectivity index (χ0n) is 7.45. The summed E-state index contributed by atoms with van der Waals surface area (Å²) >= 11 is 0. The van der Waals surface area contributed by atoms with Gasteiger partial charge in [-0.25, -0.2) is 0 Å². The fourth-order valence-electron chi connectivity index (χ4n) is 1.57. The van der Waals surface area contributed by atoms with Crippen molar-refractivity contribution < 1.29 is 0 Å². The van der Waals surface area contributed by atoms with E-state index in [0.29, 0.717) is 5.82 Å². The summed E-state index contributed by atoms with van der Waals surface area (Å²) in [6.07, 6.45) is 6.14. The van der Waals surface area contributed by atoms with Crippen molar-refractivity contribution in [3.63, 3.8) is 0 Å². The van der Waals surface area contributed by atoms with E-state index < -0.39 is 0 Å². The van der Waals surface area contributed by atoms with Gasteiger partial charge in [0.25, 0.3) is 0 Å². The Kier molecular flexibility index (Phi) is 1.79. The van der Waals surface area contributed by atoms with Crippen LogP contribution >= 0.6 is 0 Å². The molecule has 0 saturated heterocycles. The van der Waals surface area contributed by atoms with E-state index in [9.17, 15) is 0 Å². The lowest BCUT2D eigenvalue weighted by Gasteiger charge is -2.24. The highest BCUT2D eigenvalue weighted by molar-refractivity contribution is 5.35. The molecule has 1 aromatic rings. The zero-order valence-corrected chi connectivity index (χ0v) is 7.45. The Morgan fingerprint density at radius 3 is 2.83 bits per heavy atom. The minimum absolute atomic E-state index is 0.675. The van der Waals surface area contributed by atoms with Gasteiger partial charge in [-0.3, -0.25) is 4.68 Å². The average Bonchev–Trinajstić information content (AvgIpc) is 2.24. The van der Waals surface area contributed by atoms with Crippen LogP contribution in [-0.4, -0.2) is 9.78 Å². The number of rotatable bonds is 2. The number of aryl methyl sites for hydroxylation is 1. The maximum atomic E-state index is 5.64. The third-order valence-electron chi connectivity index (χ3n) is 2.65. The van der Waals surface area contributed by atoms with Gasteiger partial charge in [0.2, 0.25) is 0 Å². The molecule has 3 nitrogen and oxygen atoms in total. The predicted molar refractivity (Wildman–Crippen MR) is 48.7 cm³/mol. The van der Waals surface area contributed by atoms with E-state index in [2.05, 4.69) is 5.10 Å². The number of hydrogen-bond donors (Lipinski definition) is 1. The van der Waals surface area contributed by atoms with Crippen molar-refractivity contribution in [2.45, 2.75) is 32.7 Å². The van der Waals surface area contributed by atoms with Crippen LogP contribution in [0.5, 0.6) is 0 Å². The SMILES string of the molecule is Cc1cn(CC2CCC2)nc1N. The molecule has 1 aliphatic carbocycles. The Hall–Kier alpha value is -0.990. The first kappa shape index (κ1) is 7.65. The van der Waals surface area contributed by atoms with Crippen LogP contribution in [0.1, 0.15) is 24.8 Å². The van der Waals surface area contributed by atoms with Crippen LogP contribution in [0, 0.1) is 12.8 Å². The topological polar surface area (TPSA) is 43.8 Å². The van der Waals surface area contributed by atoms with Crippen LogP contribution in [0.15, 0.2) is 6.20 Å². The van der Waals surface area contributed by atoms with E-state index >= 15 is 0 Å². The van der Waals surface area contributed by atoms with Crippen molar-refractivity contribution >= 4 is 5.82 Å². The molecule has 2 rings (SSSR count). The second-order valence-electron chi connectivity index (χ2n) is 3.72. The van der Waals surface area contributed by atoms with Gasteiger partial charge < -0.3 is 5.73 Å². The lowest BCUT2D eigenvalue weighted by molar-refractivity contribution is 0.267. The molecule has 0 spiro atoms. The number of nitrogens with zero attached hydrogens (tertiary/aromatic N) is 2. The Labute approximate surface area is 72.6 Å². The summed E-state index contributed by atoms with van der Waals surface area (Å²) in [5.41, 5.74) is 6.74. The largest absolute Gasteiger partial charge is 0.382 e. The standard InChI is InChI=1S/C9H15N3/c1-7-5-12(11-9(7)10)6-8-3-2-4-8/h5,8H,2-4,6H2,1H3,(H2,10,11). The first-order valence-corrected chi connectivity index (χ1v) is 4.55. The molecule has 66 valence electrons. The summed E-state index contributed by atoms with van der Waals surface area (Å²) in [5.74, 6) is 1.53. The highest BCUT2D eigenvalue weighted by Gasteiger charge is 2.18. The minimum Gasteiger partial charge on any atom is -0.382 e. The molecule has 3 heteroatoms. The monoisotopic (exact) mass is 165 g/mol. The molecule has 0 bridgehead atoms. The summed E-state index contributed by atoms with van der Waals surface area (Å²) in [4.78, 5) is 0. The lowest BCUT2D eigenvalue weighted by atomic mass is 9.85. The second-order valence-corrected chi connectivity index (χ2v) is 3.72. The highest BCUT2D eigenvalue weighted by atomic mass is 15.3. The number of anilines is 1. The summed E-state index contributed by atoms with van der Waals surface area (Å²) in [6.45, 7) is 3.05. The molecule has 0 aromatic carbocycles. The molecular weight excluding hydrogens is 150 g/mol. The van der Waals surface area contributed by atoms with Crippen LogP contribution in [0.2, 0.25) is 0 Å². The quantitative estimate of drug-likeness (QED) is 0.723. The molecular formula is C9H15N3. The van der Waals surface area contributed by atoms with Crippen molar-refractivity contribution in [1.82, 2.24) is 9.78 Å². The van der Waals surface area contributed by atoms with E-state index in [1.54, 1.807) is 0 Å². The fourth-order valence-corrected chi connectivity index (χ4v) is 1.57. The molecule has 0 unspecified atom stereocenters. The number of aromatic nitrogens is 2. The smallest absolute Gasteiger partial charge is 0.148 e. The maximum Gasteiger partial charge on any atom is 0.148 e. The van der Waals surface area contributed by atoms with Gasteiger partial charge in [0.15, 0.2) is 0 Å². The first-order valence-electron chi connectivity index (χ1n) is 4.55. The van der Waals surface area contributed by atoms with E-state index in [1.807, 2.05) is 17.8 Å². The van der Waals surface area contributed by atoms with Gasteiger partial charge in [0.1, 0.15) is 5.82 Å². The number of nitrogens with two attached hydrogens (primary N) is 1. The van der Waals surface area contributed by atoms with Crippen molar-refractivity contribution in [3.05, 3.63) is 11.8 Å². The van der Waals surface area contributed by atoms with Crippen molar-refractivity contribution in [2.24, 2.45) is 5.92 Å². The Morgan fingerprint density at radius 1 is 1.67 bits per heavy atom. The van der Waals surface area contributed by atoms with E-state index in [-0.39, 0.29) is 0 Å². The maximum absolute atomic E-state index is 5.64. The summed E-state index contributed by atoms with van der Waals surface area (Å²) in [5, 5.41) is 4.23. The van der Waals surface area contributed by atoms with Crippen LogP contribution < -0.4 is 5.73 Å². The van der Waals surface area contributed by atoms with Crippen LogP contribution in [0.25, 0.3) is 0 Å². The van der Waals surface area contributed by atoms with Gasteiger partial charge in [-0.1, -0.05) is 6.42 Å². The Morgan fingerprint density at radius 2 is 2.42 bits per heavy atom. The summed E-state index contributed by atoms with van der Waals surface area (Å²) in [7, 11) is 0.